The fourth-order valence-corrected chi connectivity index (χ4v) is 1.54. The number of hydrogen-bond acceptors (Lipinski definition) is 3. The van der Waals surface area contributed by atoms with Gasteiger partial charge in [0.25, 0.3) is 0 Å². The Morgan fingerprint density at radius 1 is 1.71 bits per heavy atom. The fraction of sp³-hybridized carbons (Fsp3) is 0.455. The number of halogens is 1. The number of nitrogens with one attached hydrogen (secondary N) is 1. The number of rotatable bonds is 4. The van der Waals surface area contributed by atoms with E-state index in [9.17, 15) is 4.79 Å². The minimum Gasteiger partial charge on any atom is -0.392 e. The third kappa shape index (κ3) is 3.87. The van der Waals surface area contributed by atoms with E-state index >= 15 is 0 Å². The third-order valence-electron chi connectivity index (χ3n) is 2.17. The summed E-state index contributed by atoms with van der Waals surface area (Å²) in [6, 6.07) is 0. The van der Waals surface area contributed by atoms with Gasteiger partial charge in [-0.1, -0.05) is 11.6 Å². The van der Waals surface area contributed by atoms with Gasteiger partial charge in [0.1, 0.15) is 5.15 Å². The SMILES string of the molecule is Cc1nn(C)c(Cl)c1/C=C/C(=O)NCC(C)O. The summed E-state index contributed by atoms with van der Waals surface area (Å²) in [6.45, 7) is 3.65. The van der Waals surface area contributed by atoms with Crippen molar-refractivity contribution >= 4 is 23.6 Å². The van der Waals surface area contributed by atoms with Crippen LogP contribution in [0.5, 0.6) is 0 Å². The maximum Gasteiger partial charge on any atom is 0.244 e. The standard InChI is InChI=1S/C11H16ClN3O2/c1-7(16)6-13-10(17)5-4-9-8(2)14-15(3)11(9)12/h4-5,7,16H,6H2,1-3H3,(H,13,17)/b5-4+. The number of aryl methyl sites for hydroxylation is 2. The number of aliphatic hydroxyl groups is 1. The highest BCUT2D eigenvalue weighted by atomic mass is 35.5. The van der Waals surface area contributed by atoms with E-state index in [0.29, 0.717) is 5.15 Å². The molecule has 0 aliphatic rings. The number of amides is 1. The molecule has 0 spiro atoms. The first-order valence-electron chi connectivity index (χ1n) is 5.25. The van der Waals surface area contributed by atoms with Gasteiger partial charge < -0.3 is 10.4 Å². The Labute approximate surface area is 105 Å². The number of nitrogens with zero attached hydrogens (tertiary/aromatic N) is 2. The summed E-state index contributed by atoms with van der Waals surface area (Å²) in [7, 11) is 1.74. The summed E-state index contributed by atoms with van der Waals surface area (Å²) in [5.41, 5.74) is 1.48. The second kappa shape index (κ2) is 5.84. The molecule has 1 aromatic rings. The van der Waals surface area contributed by atoms with Gasteiger partial charge in [0.15, 0.2) is 0 Å². The average Bonchev–Trinajstić information content (AvgIpc) is 2.48. The zero-order valence-corrected chi connectivity index (χ0v) is 10.8. The minimum atomic E-state index is -0.559. The molecule has 0 bridgehead atoms. The molecule has 0 saturated heterocycles. The lowest BCUT2D eigenvalue weighted by molar-refractivity contribution is -0.116. The van der Waals surface area contributed by atoms with Gasteiger partial charge in [-0.3, -0.25) is 9.48 Å². The van der Waals surface area contributed by atoms with Gasteiger partial charge in [0, 0.05) is 25.2 Å². The summed E-state index contributed by atoms with van der Waals surface area (Å²) >= 11 is 6.00. The van der Waals surface area contributed by atoms with Crippen molar-refractivity contribution in [2.75, 3.05) is 6.54 Å². The summed E-state index contributed by atoms with van der Waals surface area (Å²) in [6.07, 6.45) is 2.43. The smallest absolute Gasteiger partial charge is 0.244 e. The van der Waals surface area contributed by atoms with Crippen LogP contribution in [-0.4, -0.2) is 33.4 Å². The first-order valence-corrected chi connectivity index (χ1v) is 5.62. The summed E-state index contributed by atoms with van der Waals surface area (Å²) in [5.74, 6) is -0.273. The number of carbonyl (C=O) groups is 1. The third-order valence-corrected chi connectivity index (χ3v) is 2.62. The van der Waals surface area contributed by atoms with Crippen LogP contribution in [0.2, 0.25) is 5.15 Å². The Morgan fingerprint density at radius 3 is 2.82 bits per heavy atom. The highest BCUT2D eigenvalue weighted by Crippen LogP contribution is 2.19. The molecule has 1 amide bonds. The highest BCUT2D eigenvalue weighted by molar-refractivity contribution is 6.31. The molecule has 1 rings (SSSR count). The van der Waals surface area contributed by atoms with E-state index in [1.54, 1.807) is 24.7 Å². The molecule has 0 saturated carbocycles. The van der Waals surface area contributed by atoms with E-state index in [4.69, 9.17) is 16.7 Å². The van der Waals surface area contributed by atoms with Crippen LogP contribution in [0, 0.1) is 6.92 Å². The molecule has 0 aliphatic carbocycles. The van der Waals surface area contributed by atoms with Gasteiger partial charge in [-0.25, -0.2) is 0 Å². The highest BCUT2D eigenvalue weighted by Gasteiger charge is 2.08. The van der Waals surface area contributed by atoms with Gasteiger partial charge in [-0.05, 0) is 19.9 Å². The molecule has 0 aromatic carbocycles. The molecule has 6 heteroatoms. The molecule has 0 aliphatic heterocycles. The molecule has 17 heavy (non-hydrogen) atoms. The van der Waals surface area contributed by atoms with Crippen molar-refractivity contribution < 1.29 is 9.90 Å². The largest absolute Gasteiger partial charge is 0.392 e. The van der Waals surface area contributed by atoms with Crippen molar-refractivity contribution in [2.24, 2.45) is 7.05 Å². The molecule has 5 nitrogen and oxygen atoms in total. The number of carbonyl (C=O) groups excluding carboxylic acids is 1. The molecule has 2 N–H and O–H groups in total. The lowest BCUT2D eigenvalue weighted by Crippen LogP contribution is -2.28. The van der Waals surface area contributed by atoms with Crippen molar-refractivity contribution in [3.05, 3.63) is 22.5 Å². The van der Waals surface area contributed by atoms with E-state index in [-0.39, 0.29) is 12.5 Å². The number of aromatic nitrogens is 2. The molecule has 94 valence electrons. The van der Waals surface area contributed by atoms with Crippen LogP contribution in [0.1, 0.15) is 18.2 Å². The molecule has 1 aromatic heterocycles. The normalized spacial score (nSPS) is 13.0. The lowest BCUT2D eigenvalue weighted by atomic mass is 10.2. The van der Waals surface area contributed by atoms with Crippen molar-refractivity contribution in [3.8, 4) is 0 Å². The molecule has 1 heterocycles. The van der Waals surface area contributed by atoms with Gasteiger partial charge in [-0.15, -0.1) is 0 Å². The van der Waals surface area contributed by atoms with Crippen molar-refractivity contribution in [1.82, 2.24) is 15.1 Å². The van der Waals surface area contributed by atoms with E-state index in [2.05, 4.69) is 10.4 Å². The van der Waals surface area contributed by atoms with Crippen molar-refractivity contribution in [2.45, 2.75) is 20.0 Å². The Morgan fingerprint density at radius 2 is 2.35 bits per heavy atom. The van der Waals surface area contributed by atoms with Crippen molar-refractivity contribution in [1.29, 1.82) is 0 Å². The van der Waals surface area contributed by atoms with E-state index in [1.807, 2.05) is 6.92 Å². The monoisotopic (exact) mass is 257 g/mol. The molecule has 1 atom stereocenters. The quantitative estimate of drug-likeness (QED) is 0.788. The Hall–Kier alpha value is -1.33. The summed E-state index contributed by atoms with van der Waals surface area (Å²) < 4.78 is 1.55. The Balaban J connectivity index is 2.67. The Kier molecular flexibility index (Phi) is 4.72. The van der Waals surface area contributed by atoms with Crippen molar-refractivity contribution in [3.63, 3.8) is 0 Å². The molecule has 0 radical (unpaired) electrons. The van der Waals surface area contributed by atoms with Crippen LogP contribution in [0.4, 0.5) is 0 Å². The van der Waals surface area contributed by atoms with Crippen LogP contribution in [0.15, 0.2) is 6.08 Å². The lowest BCUT2D eigenvalue weighted by Gasteiger charge is -2.03. The van der Waals surface area contributed by atoms with Gasteiger partial charge in [0.2, 0.25) is 5.91 Å². The number of aliphatic hydroxyl groups excluding tert-OH is 1. The van der Waals surface area contributed by atoms with E-state index < -0.39 is 6.10 Å². The van der Waals surface area contributed by atoms with Crippen LogP contribution >= 0.6 is 11.6 Å². The second-order valence-electron chi connectivity index (χ2n) is 3.84. The Bertz CT molecular complexity index is 438. The maximum atomic E-state index is 11.4. The number of hydrogen-bond donors (Lipinski definition) is 2. The molecular weight excluding hydrogens is 242 g/mol. The topological polar surface area (TPSA) is 67.2 Å². The fourth-order valence-electron chi connectivity index (χ4n) is 1.30. The van der Waals surface area contributed by atoms with Crippen LogP contribution in [-0.2, 0) is 11.8 Å². The van der Waals surface area contributed by atoms with Gasteiger partial charge in [-0.2, -0.15) is 5.10 Å². The predicted octanol–water partition coefficient (Wildman–Crippen LogP) is 0.892. The summed E-state index contributed by atoms with van der Waals surface area (Å²) in [5, 5.41) is 16.2. The van der Waals surface area contributed by atoms with E-state index in [0.717, 1.165) is 11.3 Å². The van der Waals surface area contributed by atoms with Gasteiger partial charge >= 0.3 is 0 Å². The zero-order valence-electron chi connectivity index (χ0n) is 10.1. The minimum absolute atomic E-state index is 0.225. The molecular formula is C11H16ClN3O2. The van der Waals surface area contributed by atoms with Crippen LogP contribution in [0.25, 0.3) is 6.08 Å². The second-order valence-corrected chi connectivity index (χ2v) is 4.20. The predicted molar refractivity (Wildman–Crippen MR) is 66.7 cm³/mol. The maximum absolute atomic E-state index is 11.4. The van der Waals surface area contributed by atoms with Crippen LogP contribution < -0.4 is 5.32 Å². The molecule has 0 fully saturated rings. The molecule has 1 unspecified atom stereocenters. The van der Waals surface area contributed by atoms with E-state index in [1.165, 1.54) is 6.08 Å². The first kappa shape index (κ1) is 13.7. The van der Waals surface area contributed by atoms with Crippen LogP contribution in [0.3, 0.4) is 0 Å². The first-order chi connectivity index (χ1) is 7.91. The van der Waals surface area contributed by atoms with Gasteiger partial charge in [0.05, 0.1) is 11.8 Å². The average molecular weight is 258 g/mol. The summed E-state index contributed by atoms with van der Waals surface area (Å²) in [4.78, 5) is 11.4. The zero-order chi connectivity index (χ0) is 13.0.